The lowest BCUT2D eigenvalue weighted by atomic mass is 9.81. The molecule has 0 aromatic carbocycles. The van der Waals surface area contributed by atoms with Crippen LogP contribution in [0.25, 0.3) is 0 Å². The maximum atomic E-state index is 12.2. The lowest BCUT2D eigenvalue weighted by Crippen LogP contribution is -2.26. The fourth-order valence-electron chi connectivity index (χ4n) is 2.97. The summed E-state index contributed by atoms with van der Waals surface area (Å²) in [5.41, 5.74) is 0.874. The molecule has 2 rings (SSSR count). The minimum absolute atomic E-state index is 0.324. The summed E-state index contributed by atoms with van der Waals surface area (Å²) in [7, 11) is -1.55. The maximum absolute atomic E-state index is 12.2. The maximum Gasteiger partial charge on any atom is 0.242 e. The topological polar surface area (TPSA) is 74.0 Å². The van der Waals surface area contributed by atoms with Gasteiger partial charge in [-0.25, -0.2) is 13.1 Å². The van der Waals surface area contributed by atoms with Crippen LogP contribution in [0.15, 0.2) is 17.2 Å². The van der Waals surface area contributed by atoms with Crippen molar-refractivity contribution in [3.8, 4) is 0 Å². The zero-order chi connectivity index (χ0) is 15.3. The van der Waals surface area contributed by atoms with E-state index < -0.39 is 10.0 Å². The molecule has 1 aliphatic rings. The van der Waals surface area contributed by atoms with E-state index in [-0.39, 0.29) is 0 Å². The first-order valence-corrected chi connectivity index (χ1v) is 9.31. The zero-order valence-corrected chi connectivity index (χ0v) is 13.8. The predicted molar refractivity (Wildman–Crippen MR) is 84.5 cm³/mol. The van der Waals surface area contributed by atoms with E-state index in [0.29, 0.717) is 23.9 Å². The highest BCUT2D eigenvalue weighted by Gasteiger charge is 2.20. The second-order valence-corrected chi connectivity index (χ2v) is 7.97. The molecule has 1 saturated carbocycles. The number of aromatic amines is 1. The molecule has 0 amide bonds. The van der Waals surface area contributed by atoms with Crippen LogP contribution < -0.4 is 10.0 Å². The first-order valence-electron chi connectivity index (χ1n) is 7.83. The molecule has 1 heterocycles. The van der Waals surface area contributed by atoms with Gasteiger partial charge in [-0.2, -0.15) is 0 Å². The molecule has 1 fully saturated rings. The van der Waals surface area contributed by atoms with Crippen molar-refractivity contribution in [1.29, 1.82) is 0 Å². The Morgan fingerprint density at radius 3 is 2.67 bits per heavy atom. The molecular weight excluding hydrogens is 286 g/mol. The van der Waals surface area contributed by atoms with E-state index in [0.717, 1.165) is 18.0 Å². The number of aromatic nitrogens is 1. The summed E-state index contributed by atoms with van der Waals surface area (Å²) in [5.74, 6) is 1.51. The summed E-state index contributed by atoms with van der Waals surface area (Å²) >= 11 is 0. The molecule has 5 nitrogen and oxygen atoms in total. The number of nitrogens with one attached hydrogen (secondary N) is 3. The lowest BCUT2D eigenvalue weighted by Gasteiger charge is -2.26. The molecule has 3 N–H and O–H groups in total. The van der Waals surface area contributed by atoms with Crippen molar-refractivity contribution in [2.75, 3.05) is 13.6 Å². The van der Waals surface area contributed by atoms with Crippen LogP contribution in [0.2, 0.25) is 0 Å². The summed E-state index contributed by atoms with van der Waals surface area (Å²) in [6, 6.07) is 1.68. The molecule has 0 unspecified atom stereocenters. The Bertz CT molecular complexity index is 531. The Morgan fingerprint density at radius 1 is 1.29 bits per heavy atom. The highest BCUT2D eigenvalue weighted by atomic mass is 32.2. The van der Waals surface area contributed by atoms with Crippen LogP contribution in [-0.4, -0.2) is 27.0 Å². The van der Waals surface area contributed by atoms with Crippen LogP contribution in [0.4, 0.5) is 0 Å². The Hall–Kier alpha value is -0.850. The third-order valence-corrected chi connectivity index (χ3v) is 5.81. The van der Waals surface area contributed by atoms with Crippen LogP contribution in [0.1, 0.15) is 44.7 Å². The van der Waals surface area contributed by atoms with E-state index >= 15 is 0 Å². The Kier molecular flexibility index (Phi) is 5.84. The highest BCUT2D eigenvalue weighted by molar-refractivity contribution is 7.89. The zero-order valence-electron chi connectivity index (χ0n) is 13.0. The van der Waals surface area contributed by atoms with Crippen molar-refractivity contribution in [3.05, 3.63) is 18.0 Å². The van der Waals surface area contributed by atoms with Gasteiger partial charge in [0.1, 0.15) is 0 Å². The van der Waals surface area contributed by atoms with Gasteiger partial charge >= 0.3 is 0 Å². The van der Waals surface area contributed by atoms with Crippen LogP contribution in [0.5, 0.6) is 0 Å². The molecule has 1 aromatic heterocycles. The van der Waals surface area contributed by atoms with E-state index in [1.807, 2.05) is 7.05 Å². The summed E-state index contributed by atoms with van der Waals surface area (Å²) in [6.45, 7) is 3.47. The van der Waals surface area contributed by atoms with Gasteiger partial charge in [-0.1, -0.05) is 32.6 Å². The van der Waals surface area contributed by atoms with Gasteiger partial charge in [0.15, 0.2) is 0 Å². The van der Waals surface area contributed by atoms with E-state index in [9.17, 15) is 8.42 Å². The predicted octanol–water partition coefficient (Wildman–Crippen LogP) is 2.23. The molecule has 0 saturated heterocycles. The Labute approximate surface area is 128 Å². The van der Waals surface area contributed by atoms with Gasteiger partial charge in [0.25, 0.3) is 0 Å². The van der Waals surface area contributed by atoms with Gasteiger partial charge in [0.05, 0.1) is 4.90 Å². The molecule has 21 heavy (non-hydrogen) atoms. The minimum atomic E-state index is -3.38. The van der Waals surface area contributed by atoms with Gasteiger partial charge < -0.3 is 10.3 Å². The Balaban J connectivity index is 1.80. The van der Waals surface area contributed by atoms with Crippen LogP contribution in [0, 0.1) is 11.8 Å². The van der Waals surface area contributed by atoms with Crippen molar-refractivity contribution >= 4 is 10.0 Å². The molecule has 0 atom stereocenters. The van der Waals surface area contributed by atoms with Crippen molar-refractivity contribution in [2.45, 2.75) is 50.5 Å². The second-order valence-electron chi connectivity index (χ2n) is 6.20. The van der Waals surface area contributed by atoms with Crippen LogP contribution in [-0.2, 0) is 16.6 Å². The molecular formula is C15H27N3O2S. The minimum Gasteiger partial charge on any atom is -0.363 e. The van der Waals surface area contributed by atoms with E-state index in [1.54, 1.807) is 12.3 Å². The number of sulfonamides is 1. The third kappa shape index (κ3) is 4.83. The third-order valence-electron chi connectivity index (χ3n) is 4.37. The van der Waals surface area contributed by atoms with E-state index in [1.165, 1.54) is 25.7 Å². The first-order chi connectivity index (χ1) is 10.0. The normalized spacial score (nSPS) is 23.3. The van der Waals surface area contributed by atoms with Gasteiger partial charge in [-0.15, -0.1) is 0 Å². The average molecular weight is 313 g/mol. The van der Waals surface area contributed by atoms with E-state index in [4.69, 9.17) is 0 Å². The highest BCUT2D eigenvalue weighted by Crippen LogP contribution is 2.30. The van der Waals surface area contributed by atoms with Gasteiger partial charge in [0, 0.05) is 25.0 Å². The van der Waals surface area contributed by atoms with Crippen LogP contribution in [0.3, 0.4) is 0 Å². The molecule has 0 spiro atoms. The molecule has 0 aliphatic heterocycles. The second kappa shape index (κ2) is 7.42. The fourth-order valence-corrected chi connectivity index (χ4v) is 4.03. The molecule has 1 aliphatic carbocycles. The molecule has 120 valence electrons. The van der Waals surface area contributed by atoms with E-state index in [2.05, 4.69) is 21.9 Å². The Morgan fingerprint density at radius 2 is 2.00 bits per heavy atom. The monoisotopic (exact) mass is 313 g/mol. The van der Waals surface area contributed by atoms with Crippen molar-refractivity contribution in [2.24, 2.45) is 11.8 Å². The number of hydrogen-bond donors (Lipinski definition) is 3. The molecule has 0 radical (unpaired) electrons. The van der Waals surface area contributed by atoms with Crippen molar-refractivity contribution < 1.29 is 8.42 Å². The molecule has 1 aromatic rings. The summed E-state index contributed by atoms with van der Waals surface area (Å²) in [5, 5.41) is 2.99. The average Bonchev–Trinajstić information content (AvgIpc) is 2.91. The van der Waals surface area contributed by atoms with Gasteiger partial charge in [-0.3, -0.25) is 0 Å². The lowest BCUT2D eigenvalue weighted by molar-refractivity contribution is 0.278. The van der Waals surface area contributed by atoms with Crippen molar-refractivity contribution in [3.63, 3.8) is 0 Å². The number of rotatable bonds is 7. The number of H-pyrrole nitrogens is 1. The summed E-state index contributed by atoms with van der Waals surface area (Å²) in [6.07, 6.45) is 7.53. The number of hydrogen-bond acceptors (Lipinski definition) is 3. The smallest absolute Gasteiger partial charge is 0.242 e. The fraction of sp³-hybridized carbons (Fsp3) is 0.733. The first kappa shape index (κ1) is 16.5. The van der Waals surface area contributed by atoms with Gasteiger partial charge in [0.2, 0.25) is 10.0 Å². The molecule has 6 heteroatoms. The van der Waals surface area contributed by atoms with Gasteiger partial charge in [-0.05, 0) is 31.4 Å². The summed E-state index contributed by atoms with van der Waals surface area (Å²) < 4.78 is 27.1. The SMILES string of the molecule is CNCc1cc(S(=O)(=O)NCCC2CCC(C)CC2)c[nH]1. The quantitative estimate of drug-likeness (QED) is 0.722. The largest absolute Gasteiger partial charge is 0.363 e. The standard InChI is InChI=1S/C15H27N3O2S/c1-12-3-5-13(6-4-12)7-8-18-21(19,20)15-9-14(10-16-2)17-11-15/h9,11-13,16-18H,3-8,10H2,1-2H3. The van der Waals surface area contributed by atoms with Crippen LogP contribution >= 0.6 is 0 Å². The molecule has 0 bridgehead atoms. The summed E-state index contributed by atoms with van der Waals surface area (Å²) in [4.78, 5) is 3.30. The van der Waals surface area contributed by atoms with Crippen molar-refractivity contribution in [1.82, 2.24) is 15.0 Å².